The molecule has 0 aliphatic carbocycles. The fourth-order valence-electron chi connectivity index (χ4n) is 1.18. The Balaban J connectivity index is 2.27. The lowest BCUT2D eigenvalue weighted by Gasteiger charge is -2.26. The number of rotatable bonds is 2. The van der Waals surface area contributed by atoms with Gasteiger partial charge in [0.25, 0.3) is 0 Å². The third-order valence-electron chi connectivity index (χ3n) is 1.89. The molecule has 0 radical (unpaired) electrons. The zero-order chi connectivity index (χ0) is 8.97. The molecule has 1 rings (SSSR count). The van der Waals surface area contributed by atoms with Crippen LogP contribution in [-0.2, 0) is 10.8 Å². The summed E-state index contributed by atoms with van der Waals surface area (Å²) in [7, 11) is -0.643. The van der Waals surface area contributed by atoms with E-state index in [4.69, 9.17) is 11.0 Å². The molecule has 0 aromatic heterocycles. The van der Waals surface area contributed by atoms with Gasteiger partial charge in [-0.2, -0.15) is 5.26 Å². The second kappa shape index (κ2) is 4.55. The summed E-state index contributed by atoms with van der Waals surface area (Å²) < 4.78 is 11.0. The lowest BCUT2D eigenvalue weighted by molar-refractivity contribution is 0.294. The molecule has 1 unspecified atom stereocenters. The van der Waals surface area contributed by atoms with Crippen molar-refractivity contribution < 1.29 is 4.21 Å². The Labute approximate surface area is 74.8 Å². The van der Waals surface area contributed by atoms with Crippen LogP contribution in [0.25, 0.3) is 0 Å². The first-order chi connectivity index (χ1) is 5.72. The minimum atomic E-state index is -0.643. The van der Waals surface area contributed by atoms with Crippen molar-refractivity contribution in [2.75, 3.05) is 31.1 Å². The quantitative estimate of drug-likeness (QED) is 0.596. The van der Waals surface area contributed by atoms with Crippen LogP contribution < -0.4 is 5.73 Å². The fourth-order valence-corrected chi connectivity index (χ4v) is 2.31. The summed E-state index contributed by atoms with van der Waals surface area (Å²) in [6.45, 7) is 2.22. The van der Waals surface area contributed by atoms with Crippen LogP contribution in [0.1, 0.15) is 0 Å². The van der Waals surface area contributed by atoms with Gasteiger partial charge in [0.05, 0.1) is 6.07 Å². The Kier molecular flexibility index (Phi) is 3.66. The summed E-state index contributed by atoms with van der Waals surface area (Å²) >= 11 is 0. The van der Waals surface area contributed by atoms with Crippen molar-refractivity contribution >= 4 is 10.8 Å². The molecule has 0 aromatic carbocycles. The van der Waals surface area contributed by atoms with E-state index in [2.05, 4.69) is 4.90 Å². The molecule has 4 nitrogen and oxygen atoms in total. The summed E-state index contributed by atoms with van der Waals surface area (Å²) in [5.41, 5.74) is 5.46. The van der Waals surface area contributed by atoms with Gasteiger partial charge < -0.3 is 5.73 Å². The molecular formula is C7H13N3OS. The average molecular weight is 187 g/mol. The van der Waals surface area contributed by atoms with Crippen LogP contribution in [0, 0.1) is 11.3 Å². The summed E-state index contributed by atoms with van der Waals surface area (Å²) in [6, 6.07) is 1.58. The maximum absolute atomic E-state index is 11.0. The van der Waals surface area contributed by atoms with E-state index < -0.39 is 16.8 Å². The summed E-state index contributed by atoms with van der Waals surface area (Å²) in [5.74, 6) is 1.44. The van der Waals surface area contributed by atoms with E-state index in [0.29, 0.717) is 6.54 Å². The first kappa shape index (κ1) is 9.65. The molecule has 0 bridgehead atoms. The largest absolute Gasteiger partial charge is 0.315 e. The van der Waals surface area contributed by atoms with Gasteiger partial charge in [-0.1, -0.05) is 0 Å². The van der Waals surface area contributed by atoms with Gasteiger partial charge in [-0.15, -0.1) is 0 Å². The van der Waals surface area contributed by atoms with Crippen molar-refractivity contribution in [2.45, 2.75) is 6.04 Å². The molecule has 0 amide bonds. The van der Waals surface area contributed by atoms with Crippen molar-refractivity contribution in [3.8, 4) is 6.07 Å². The molecule has 0 spiro atoms. The van der Waals surface area contributed by atoms with Crippen molar-refractivity contribution in [1.29, 1.82) is 5.26 Å². The second-order valence-corrected chi connectivity index (χ2v) is 4.58. The molecule has 12 heavy (non-hydrogen) atoms. The van der Waals surface area contributed by atoms with Crippen molar-refractivity contribution in [2.24, 2.45) is 5.73 Å². The summed E-state index contributed by atoms with van der Waals surface area (Å²) in [5, 5.41) is 8.46. The molecule has 1 aliphatic heterocycles. The standard InChI is InChI=1S/C7H13N3OS/c8-5-7(9)6-10-1-3-12(11)4-2-10/h7H,1-4,6,9H2. The third kappa shape index (κ3) is 2.89. The molecule has 0 aromatic rings. The van der Waals surface area contributed by atoms with Gasteiger partial charge >= 0.3 is 0 Å². The predicted molar refractivity (Wildman–Crippen MR) is 47.9 cm³/mol. The summed E-state index contributed by atoms with van der Waals surface area (Å²) in [6.07, 6.45) is 0. The molecule has 0 saturated carbocycles. The van der Waals surface area contributed by atoms with Crippen LogP contribution in [0.15, 0.2) is 0 Å². The smallest absolute Gasteiger partial charge is 0.106 e. The Morgan fingerprint density at radius 2 is 2.17 bits per heavy atom. The minimum absolute atomic E-state index is 0.406. The molecule has 1 aliphatic rings. The van der Waals surface area contributed by atoms with Gasteiger partial charge in [-0.3, -0.25) is 9.11 Å². The van der Waals surface area contributed by atoms with E-state index in [1.807, 2.05) is 6.07 Å². The highest BCUT2D eigenvalue weighted by atomic mass is 32.2. The van der Waals surface area contributed by atoms with E-state index in [0.717, 1.165) is 24.6 Å². The van der Waals surface area contributed by atoms with Gasteiger partial charge in [0.15, 0.2) is 0 Å². The maximum Gasteiger partial charge on any atom is 0.106 e. The van der Waals surface area contributed by atoms with E-state index >= 15 is 0 Å². The summed E-state index contributed by atoms with van der Waals surface area (Å²) in [4.78, 5) is 2.09. The van der Waals surface area contributed by atoms with Crippen molar-refractivity contribution in [1.82, 2.24) is 4.90 Å². The number of nitriles is 1. The third-order valence-corrected chi connectivity index (χ3v) is 3.17. The zero-order valence-corrected chi connectivity index (χ0v) is 7.72. The monoisotopic (exact) mass is 187 g/mol. The SMILES string of the molecule is N#CC(N)CN1CCS(=O)CC1. The maximum atomic E-state index is 11.0. The van der Waals surface area contributed by atoms with Crippen molar-refractivity contribution in [3.05, 3.63) is 0 Å². The highest BCUT2D eigenvalue weighted by molar-refractivity contribution is 7.85. The van der Waals surface area contributed by atoms with Gasteiger partial charge in [0.2, 0.25) is 0 Å². The van der Waals surface area contributed by atoms with Crippen LogP contribution in [-0.4, -0.2) is 46.3 Å². The van der Waals surface area contributed by atoms with Gasteiger partial charge in [0, 0.05) is 41.9 Å². The highest BCUT2D eigenvalue weighted by Gasteiger charge is 2.16. The van der Waals surface area contributed by atoms with Crippen LogP contribution in [0.5, 0.6) is 0 Å². The Bertz CT molecular complexity index is 203. The normalized spacial score (nSPS) is 23.3. The topological polar surface area (TPSA) is 70.1 Å². The second-order valence-electron chi connectivity index (χ2n) is 2.88. The Morgan fingerprint density at radius 1 is 1.58 bits per heavy atom. The predicted octanol–water partition coefficient (Wildman–Crippen LogP) is -1.10. The molecule has 1 saturated heterocycles. The van der Waals surface area contributed by atoms with E-state index in [1.165, 1.54) is 0 Å². The molecular weight excluding hydrogens is 174 g/mol. The van der Waals surface area contributed by atoms with Crippen LogP contribution in [0.3, 0.4) is 0 Å². The first-order valence-corrected chi connectivity index (χ1v) is 5.43. The molecule has 5 heteroatoms. The average Bonchev–Trinajstić information content (AvgIpc) is 2.09. The first-order valence-electron chi connectivity index (χ1n) is 3.95. The Hall–Kier alpha value is -0.440. The van der Waals surface area contributed by atoms with E-state index in [-0.39, 0.29) is 0 Å². The van der Waals surface area contributed by atoms with Crippen molar-refractivity contribution in [3.63, 3.8) is 0 Å². The van der Waals surface area contributed by atoms with Crippen LogP contribution >= 0.6 is 0 Å². The molecule has 68 valence electrons. The van der Waals surface area contributed by atoms with Crippen LogP contribution in [0.4, 0.5) is 0 Å². The number of nitrogens with two attached hydrogens (primary N) is 1. The lowest BCUT2D eigenvalue weighted by atomic mass is 10.3. The molecule has 1 heterocycles. The highest BCUT2D eigenvalue weighted by Crippen LogP contribution is 1.99. The van der Waals surface area contributed by atoms with E-state index in [9.17, 15) is 4.21 Å². The fraction of sp³-hybridized carbons (Fsp3) is 0.857. The number of hydrogen-bond donors (Lipinski definition) is 1. The molecule has 1 fully saturated rings. The molecule has 1 atom stereocenters. The van der Waals surface area contributed by atoms with E-state index in [1.54, 1.807) is 0 Å². The minimum Gasteiger partial charge on any atom is -0.315 e. The van der Waals surface area contributed by atoms with Gasteiger partial charge in [-0.05, 0) is 0 Å². The lowest BCUT2D eigenvalue weighted by Crippen LogP contribution is -2.43. The van der Waals surface area contributed by atoms with Gasteiger partial charge in [0.1, 0.15) is 6.04 Å². The Morgan fingerprint density at radius 3 is 2.67 bits per heavy atom. The molecule has 2 N–H and O–H groups in total. The van der Waals surface area contributed by atoms with Gasteiger partial charge in [-0.25, -0.2) is 0 Å². The zero-order valence-electron chi connectivity index (χ0n) is 6.90. The van der Waals surface area contributed by atoms with Crippen LogP contribution in [0.2, 0.25) is 0 Å². The number of hydrogen-bond acceptors (Lipinski definition) is 4. The number of nitrogens with zero attached hydrogens (tertiary/aromatic N) is 2.